The highest BCUT2D eigenvalue weighted by molar-refractivity contribution is 5.94. The van der Waals surface area contributed by atoms with E-state index < -0.39 is 0 Å². The van der Waals surface area contributed by atoms with Gasteiger partial charge in [-0.15, -0.1) is 0 Å². The number of hydrogen-bond acceptors (Lipinski definition) is 4. The van der Waals surface area contributed by atoms with E-state index in [1.54, 1.807) is 0 Å². The lowest BCUT2D eigenvalue weighted by Gasteiger charge is -2.20. The van der Waals surface area contributed by atoms with Crippen LogP contribution in [0.4, 0.5) is 0 Å². The molecule has 2 aliphatic heterocycles. The molecule has 3 rings (SSSR count). The molecule has 1 aromatic rings. The molecule has 0 saturated carbocycles. The van der Waals surface area contributed by atoms with Crippen LogP contribution in [0.15, 0.2) is 0 Å². The van der Waals surface area contributed by atoms with E-state index in [0.717, 1.165) is 63.0 Å². The number of nitrogens with zero attached hydrogens (tertiary/aromatic N) is 2. The van der Waals surface area contributed by atoms with Crippen molar-refractivity contribution in [2.75, 3.05) is 26.2 Å². The van der Waals surface area contributed by atoms with Crippen LogP contribution in [-0.4, -0.2) is 53.1 Å². The predicted octanol–water partition coefficient (Wildman–Crippen LogP) is 0.578. The SMILES string of the molecule is O=C(NCCCN1CCCCCC1=O)c1n[nH]c2c1CNCC2. The van der Waals surface area contributed by atoms with E-state index in [1.807, 2.05) is 4.90 Å². The van der Waals surface area contributed by atoms with E-state index >= 15 is 0 Å². The van der Waals surface area contributed by atoms with E-state index in [4.69, 9.17) is 0 Å². The van der Waals surface area contributed by atoms with Crippen LogP contribution in [0, 0.1) is 0 Å². The number of aromatic nitrogens is 2. The monoisotopic (exact) mass is 319 g/mol. The molecule has 23 heavy (non-hydrogen) atoms. The normalized spacial score (nSPS) is 18.4. The zero-order valence-electron chi connectivity index (χ0n) is 13.5. The highest BCUT2D eigenvalue weighted by Crippen LogP contribution is 2.15. The molecule has 0 aromatic carbocycles. The van der Waals surface area contributed by atoms with Crippen molar-refractivity contribution in [3.05, 3.63) is 17.0 Å². The average Bonchev–Trinajstić information content (AvgIpc) is 2.89. The van der Waals surface area contributed by atoms with Gasteiger partial charge >= 0.3 is 0 Å². The number of carbonyl (C=O) groups is 2. The summed E-state index contributed by atoms with van der Waals surface area (Å²) in [4.78, 5) is 26.1. The van der Waals surface area contributed by atoms with Crippen LogP contribution in [0.5, 0.6) is 0 Å². The number of aromatic amines is 1. The van der Waals surface area contributed by atoms with Crippen LogP contribution in [0.2, 0.25) is 0 Å². The largest absolute Gasteiger partial charge is 0.351 e. The van der Waals surface area contributed by atoms with Gasteiger partial charge in [0.2, 0.25) is 5.91 Å². The molecular weight excluding hydrogens is 294 g/mol. The highest BCUT2D eigenvalue weighted by atomic mass is 16.2. The number of H-pyrrole nitrogens is 1. The summed E-state index contributed by atoms with van der Waals surface area (Å²) in [6, 6.07) is 0. The fourth-order valence-electron chi connectivity index (χ4n) is 3.24. The van der Waals surface area contributed by atoms with Gasteiger partial charge in [-0.2, -0.15) is 5.10 Å². The molecule has 126 valence electrons. The topological polar surface area (TPSA) is 90.1 Å². The van der Waals surface area contributed by atoms with Crippen molar-refractivity contribution in [1.82, 2.24) is 25.7 Å². The quantitative estimate of drug-likeness (QED) is 0.693. The summed E-state index contributed by atoms with van der Waals surface area (Å²) in [7, 11) is 0. The second-order valence-corrected chi connectivity index (χ2v) is 6.26. The number of carbonyl (C=O) groups excluding carboxylic acids is 2. The molecule has 0 atom stereocenters. The molecule has 7 heteroatoms. The lowest BCUT2D eigenvalue weighted by Crippen LogP contribution is -2.34. The van der Waals surface area contributed by atoms with E-state index in [0.29, 0.717) is 25.2 Å². The maximum atomic E-state index is 12.2. The maximum Gasteiger partial charge on any atom is 0.272 e. The average molecular weight is 319 g/mol. The lowest BCUT2D eigenvalue weighted by atomic mass is 10.1. The van der Waals surface area contributed by atoms with Gasteiger partial charge in [0.1, 0.15) is 0 Å². The van der Waals surface area contributed by atoms with Crippen LogP contribution in [0.25, 0.3) is 0 Å². The Labute approximate surface area is 136 Å². The summed E-state index contributed by atoms with van der Waals surface area (Å²) in [6.07, 6.45) is 5.56. The molecule has 7 nitrogen and oxygen atoms in total. The first-order valence-corrected chi connectivity index (χ1v) is 8.58. The summed E-state index contributed by atoms with van der Waals surface area (Å²) in [5, 5.41) is 13.3. The molecule has 0 spiro atoms. The third-order valence-corrected chi connectivity index (χ3v) is 4.58. The minimum atomic E-state index is -0.131. The van der Waals surface area contributed by atoms with Crippen LogP contribution >= 0.6 is 0 Å². The number of nitrogens with one attached hydrogen (secondary N) is 3. The Hall–Kier alpha value is -1.89. The summed E-state index contributed by atoms with van der Waals surface area (Å²) in [5.41, 5.74) is 2.54. The van der Waals surface area contributed by atoms with Crippen molar-refractivity contribution in [1.29, 1.82) is 0 Å². The first-order valence-electron chi connectivity index (χ1n) is 8.58. The smallest absolute Gasteiger partial charge is 0.272 e. The third-order valence-electron chi connectivity index (χ3n) is 4.58. The molecule has 3 N–H and O–H groups in total. The number of fused-ring (bicyclic) bond motifs is 1. The molecule has 1 aromatic heterocycles. The van der Waals surface area contributed by atoms with Crippen molar-refractivity contribution >= 4 is 11.8 Å². The van der Waals surface area contributed by atoms with E-state index in [-0.39, 0.29) is 11.8 Å². The number of hydrogen-bond donors (Lipinski definition) is 3. The third kappa shape index (κ3) is 3.90. The van der Waals surface area contributed by atoms with Gasteiger partial charge in [0.05, 0.1) is 0 Å². The number of amides is 2. The highest BCUT2D eigenvalue weighted by Gasteiger charge is 2.21. The van der Waals surface area contributed by atoms with Gasteiger partial charge in [-0.25, -0.2) is 0 Å². The Morgan fingerprint density at radius 1 is 1.26 bits per heavy atom. The zero-order chi connectivity index (χ0) is 16.1. The zero-order valence-corrected chi connectivity index (χ0v) is 13.5. The molecule has 0 aliphatic carbocycles. The molecule has 3 heterocycles. The second-order valence-electron chi connectivity index (χ2n) is 6.26. The van der Waals surface area contributed by atoms with E-state index in [1.165, 1.54) is 0 Å². The van der Waals surface area contributed by atoms with Gasteiger partial charge in [0.15, 0.2) is 5.69 Å². The van der Waals surface area contributed by atoms with Crippen LogP contribution in [-0.2, 0) is 17.8 Å². The Kier molecular flexibility index (Phi) is 5.27. The fourth-order valence-corrected chi connectivity index (χ4v) is 3.24. The summed E-state index contributed by atoms with van der Waals surface area (Å²) in [6.45, 7) is 3.75. The van der Waals surface area contributed by atoms with Gasteiger partial charge in [0.25, 0.3) is 5.91 Å². The van der Waals surface area contributed by atoms with Gasteiger partial charge in [0, 0.05) is 56.8 Å². The first kappa shape index (κ1) is 16.0. The maximum absolute atomic E-state index is 12.2. The van der Waals surface area contributed by atoms with E-state index in [2.05, 4.69) is 20.8 Å². The molecule has 1 fully saturated rings. The van der Waals surface area contributed by atoms with Crippen molar-refractivity contribution < 1.29 is 9.59 Å². The molecule has 2 aliphatic rings. The summed E-state index contributed by atoms with van der Waals surface area (Å²) >= 11 is 0. The van der Waals surface area contributed by atoms with Crippen molar-refractivity contribution in [2.24, 2.45) is 0 Å². The van der Waals surface area contributed by atoms with Gasteiger partial charge in [-0.3, -0.25) is 14.7 Å². The van der Waals surface area contributed by atoms with Crippen LogP contribution in [0.3, 0.4) is 0 Å². The van der Waals surface area contributed by atoms with Crippen molar-refractivity contribution in [3.63, 3.8) is 0 Å². The molecular formula is C16H25N5O2. The molecule has 1 saturated heterocycles. The Balaban J connectivity index is 1.44. The standard InChI is InChI=1S/C16H25N5O2/c22-14-5-2-1-3-9-21(14)10-4-7-18-16(23)15-12-11-17-8-6-13(12)19-20-15/h17H,1-11H2,(H,18,23)(H,19,20). The van der Waals surface area contributed by atoms with Gasteiger partial charge < -0.3 is 15.5 Å². The second kappa shape index (κ2) is 7.59. The number of rotatable bonds is 5. The minimum Gasteiger partial charge on any atom is -0.351 e. The fraction of sp³-hybridized carbons (Fsp3) is 0.688. The van der Waals surface area contributed by atoms with Crippen molar-refractivity contribution in [2.45, 2.75) is 45.1 Å². The molecule has 0 unspecified atom stereocenters. The van der Waals surface area contributed by atoms with Gasteiger partial charge in [-0.1, -0.05) is 6.42 Å². The number of likely N-dealkylation sites (tertiary alicyclic amines) is 1. The predicted molar refractivity (Wildman–Crippen MR) is 86.0 cm³/mol. The lowest BCUT2D eigenvalue weighted by molar-refractivity contribution is -0.130. The molecule has 0 bridgehead atoms. The van der Waals surface area contributed by atoms with Crippen LogP contribution in [0.1, 0.15) is 53.8 Å². The molecule has 2 amide bonds. The molecule has 0 radical (unpaired) electrons. The van der Waals surface area contributed by atoms with Gasteiger partial charge in [-0.05, 0) is 19.3 Å². The Morgan fingerprint density at radius 2 is 2.17 bits per heavy atom. The Bertz CT molecular complexity index is 569. The summed E-state index contributed by atoms with van der Waals surface area (Å²) in [5.74, 6) is 0.120. The minimum absolute atomic E-state index is 0.131. The first-order chi connectivity index (χ1) is 11.3. The van der Waals surface area contributed by atoms with Crippen LogP contribution < -0.4 is 10.6 Å². The van der Waals surface area contributed by atoms with E-state index in [9.17, 15) is 9.59 Å². The summed E-state index contributed by atoms with van der Waals surface area (Å²) < 4.78 is 0. The Morgan fingerprint density at radius 3 is 3.09 bits per heavy atom. The van der Waals surface area contributed by atoms with Crippen molar-refractivity contribution in [3.8, 4) is 0 Å².